The summed E-state index contributed by atoms with van der Waals surface area (Å²) in [4.78, 5) is 18.2. The van der Waals surface area contributed by atoms with E-state index < -0.39 is 23.4 Å². The molecule has 0 bridgehead atoms. The van der Waals surface area contributed by atoms with Gasteiger partial charge in [-0.05, 0) is 6.92 Å². The van der Waals surface area contributed by atoms with Crippen molar-refractivity contribution in [1.29, 1.82) is 0 Å². The summed E-state index contributed by atoms with van der Waals surface area (Å²) in [5.74, 6) is 0.219. The van der Waals surface area contributed by atoms with Crippen LogP contribution in [0.4, 0.5) is 5.95 Å². The molecule has 2 aromatic heterocycles. The van der Waals surface area contributed by atoms with Crippen LogP contribution < -0.4 is 11.3 Å². The number of rotatable bonds is 2. The molecule has 20 heavy (non-hydrogen) atoms. The van der Waals surface area contributed by atoms with Crippen molar-refractivity contribution < 1.29 is 14.9 Å². The lowest BCUT2D eigenvalue weighted by molar-refractivity contribution is -0.0518. The summed E-state index contributed by atoms with van der Waals surface area (Å²) < 4.78 is 6.84. The number of imidazole rings is 1. The average molecular weight is 281 g/mol. The van der Waals surface area contributed by atoms with E-state index in [-0.39, 0.29) is 30.3 Å². The van der Waals surface area contributed by atoms with E-state index in [0.717, 1.165) is 0 Å². The molecule has 0 aliphatic carbocycles. The molecule has 108 valence electrons. The van der Waals surface area contributed by atoms with Gasteiger partial charge in [-0.3, -0.25) is 9.78 Å². The van der Waals surface area contributed by atoms with Crippen LogP contribution in [0.5, 0.6) is 0 Å². The van der Waals surface area contributed by atoms with Crippen LogP contribution in [0.15, 0.2) is 11.0 Å². The van der Waals surface area contributed by atoms with Gasteiger partial charge in [0, 0.05) is 6.42 Å². The quantitative estimate of drug-likeness (QED) is 0.529. The first-order valence-corrected chi connectivity index (χ1v) is 6.14. The second kappa shape index (κ2) is 4.27. The van der Waals surface area contributed by atoms with Gasteiger partial charge in [0.1, 0.15) is 6.10 Å². The molecule has 5 N–H and O–H groups in total. The Bertz CT molecular complexity index is 706. The lowest BCUT2D eigenvalue weighted by Gasteiger charge is -2.22. The summed E-state index contributed by atoms with van der Waals surface area (Å²) >= 11 is 0. The number of H-pyrrole nitrogens is 1. The number of hydrogen-bond acceptors (Lipinski definition) is 7. The van der Waals surface area contributed by atoms with Gasteiger partial charge in [0.05, 0.1) is 24.5 Å². The van der Waals surface area contributed by atoms with E-state index in [4.69, 9.17) is 15.6 Å². The fraction of sp³-hybridized carbons (Fsp3) is 0.545. The third-order valence-electron chi connectivity index (χ3n) is 3.42. The van der Waals surface area contributed by atoms with Crippen LogP contribution in [-0.4, -0.2) is 48.1 Å². The Balaban J connectivity index is 2.13. The molecule has 1 saturated heterocycles. The zero-order valence-electron chi connectivity index (χ0n) is 10.8. The molecule has 0 aromatic carbocycles. The van der Waals surface area contributed by atoms with E-state index in [1.165, 1.54) is 10.7 Å². The summed E-state index contributed by atoms with van der Waals surface area (Å²) in [6, 6.07) is 0. The molecule has 2 aromatic rings. The number of aromatic amines is 1. The maximum absolute atomic E-state index is 11.7. The van der Waals surface area contributed by atoms with E-state index >= 15 is 0 Å². The zero-order chi connectivity index (χ0) is 14.5. The predicted molar refractivity (Wildman–Crippen MR) is 68.0 cm³/mol. The topological polar surface area (TPSA) is 139 Å². The van der Waals surface area contributed by atoms with Crippen LogP contribution >= 0.6 is 0 Å². The van der Waals surface area contributed by atoms with E-state index in [9.17, 15) is 9.90 Å². The lowest BCUT2D eigenvalue weighted by atomic mass is 9.96. The Morgan fingerprint density at radius 2 is 2.45 bits per heavy atom. The molecule has 0 spiro atoms. The third-order valence-corrected chi connectivity index (χ3v) is 3.42. The van der Waals surface area contributed by atoms with Gasteiger partial charge in [-0.1, -0.05) is 0 Å². The molecule has 0 unspecified atom stereocenters. The first-order chi connectivity index (χ1) is 9.42. The van der Waals surface area contributed by atoms with Crippen molar-refractivity contribution in [3.8, 4) is 0 Å². The highest BCUT2D eigenvalue weighted by atomic mass is 16.5. The van der Waals surface area contributed by atoms with Gasteiger partial charge in [0.15, 0.2) is 11.3 Å². The smallest absolute Gasteiger partial charge is 0.278 e. The normalized spacial score (nSPS) is 30.1. The maximum Gasteiger partial charge on any atom is 0.278 e. The van der Waals surface area contributed by atoms with E-state index in [1.54, 1.807) is 6.92 Å². The number of nitrogens with one attached hydrogen (secondary N) is 1. The highest BCUT2D eigenvalue weighted by molar-refractivity contribution is 5.44. The van der Waals surface area contributed by atoms with Gasteiger partial charge >= 0.3 is 0 Å². The fourth-order valence-corrected chi connectivity index (χ4v) is 2.51. The number of aromatic nitrogens is 4. The molecular formula is C11H15N5O4. The summed E-state index contributed by atoms with van der Waals surface area (Å²) in [5.41, 5.74) is 4.09. The molecule has 3 rings (SSSR count). The monoisotopic (exact) mass is 281 g/mol. The van der Waals surface area contributed by atoms with Crippen molar-refractivity contribution in [3.63, 3.8) is 0 Å². The number of nitrogen functional groups attached to an aromatic ring is 1. The van der Waals surface area contributed by atoms with Gasteiger partial charge in [-0.15, -0.1) is 5.10 Å². The lowest BCUT2D eigenvalue weighted by Crippen LogP contribution is -2.30. The summed E-state index contributed by atoms with van der Waals surface area (Å²) in [7, 11) is 0. The number of aliphatic hydroxyl groups is 2. The molecule has 3 atom stereocenters. The number of nitrogens with two attached hydrogens (primary N) is 1. The SMILES string of the molecule is C[C@@]1(O)C[C@@H](CO)O[C@H]1c1ncc2c(=O)[nH]c(N)nn12. The number of nitrogens with zero attached hydrogens (tertiary/aromatic N) is 3. The van der Waals surface area contributed by atoms with Gasteiger partial charge in [-0.25, -0.2) is 9.50 Å². The van der Waals surface area contributed by atoms with Crippen LogP contribution in [-0.2, 0) is 4.74 Å². The van der Waals surface area contributed by atoms with Crippen molar-refractivity contribution in [2.75, 3.05) is 12.3 Å². The molecule has 0 amide bonds. The Labute approximate surface area is 113 Å². The van der Waals surface area contributed by atoms with Gasteiger partial charge in [0.2, 0.25) is 5.95 Å². The van der Waals surface area contributed by atoms with Crippen molar-refractivity contribution in [2.24, 2.45) is 0 Å². The number of ether oxygens (including phenoxy) is 1. The van der Waals surface area contributed by atoms with E-state index in [0.29, 0.717) is 0 Å². The van der Waals surface area contributed by atoms with Crippen LogP contribution in [0.2, 0.25) is 0 Å². The number of anilines is 1. The highest BCUT2D eigenvalue weighted by Gasteiger charge is 2.46. The molecular weight excluding hydrogens is 266 g/mol. The largest absolute Gasteiger partial charge is 0.394 e. The summed E-state index contributed by atoms with van der Waals surface area (Å²) in [6.07, 6.45) is 0.325. The van der Waals surface area contributed by atoms with Gasteiger partial charge < -0.3 is 20.7 Å². The van der Waals surface area contributed by atoms with Crippen molar-refractivity contribution in [1.82, 2.24) is 19.6 Å². The first-order valence-electron chi connectivity index (χ1n) is 6.14. The van der Waals surface area contributed by atoms with Crippen LogP contribution in [0, 0.1) is 0 Å². The van der Waals surface area contributed by atoms with Crippen molar-refractivity contribution >= 4 is 11.5 Å². The zero-order valence-corrected chi connectivity index (χ0v) is 10.8. The molecule has 1 fully saturated rings. The Morgan fingerprint density at radius 3 is 3.10 bits per heavy atom. The maximum atomic E-state index is 11.7. The van der Waals surface area contributed by atoms with E-state index in [1.807, 2.05) is 0 Å². The molecule has 0 saturated carbocycles. The molecule has 9 heteroatoms. The number of hydrogen-bond donors (Lipinski definition) is 4. The second-order valence-corrected chi connectivity index (χ2v) is 5.13. The molecule has 1 aliphatic heterocycles. The van der Waals surface area contributed by atoms with Crippen molar-refractivity contribution in [3.05, 3.63) is 22.4 Å². The van der Waals surface area contributed by atoms with Crippen LogP contribution in [0.25, 0.3) is 5.52 Å². The minimum atomic E-state index is -1.21. The van der Waals surface area contributed by atoms with Gasteiger partial charge in [-0.2, -0.15) is 0 Å². The standard InChI is InChI=1S/C11H15N5O4/c1-11(19)2-5(4-17)20-7(11)8-13-3-6-9(18)14-10(12)15-16(6)8/h3,5,7,17,19H,2,4H2,1H3,(H3,12,14,15,18)/t5-,7-,11+/m0/s1. The molecule has 0 radical (unpaired) electrons. The third kappa shape index (κ3) is 1.87. The summed E-state index contributed by atoms with van der Waals surface area (Å²) in [5, 5.41) is 23.5. The van der Waals surface area contributed by atoms with Crippen molar-refractivity contribution in [2.45, 2.75) is 31.2 Å². The second-order valence-electron chi connectivity index (χ2n) is 5.13. The fourth-order valence-electron chi connectivity index (χ4n) is 2.51. The number of aliphatic hydroxyl groups excluding tert-OH is 1. The molecule has 1 aliphatic rings. The highest BCUT2D eigenvalue weighted by Crippen LogP contribution is 2.40. The Hall–Kier alpha value is -1.97. The minimum Gasteiger partial charge on any atom is -0.394 e. The Morgan fingerprint density at radius 1 is 1.70 bits per heavy atom. The van der Waals surface area contributed by atoms with Crippen LogP contribution in [0.1, 0.15) is 25.3 Å². The van der Waals surface area contributed by atoms with E-state index in [2.05, 4.69) is 15.1 Å². The minimum absolute atomic E-state index is 0.0573. The number of fused-ring (bicyclic) bond motifs is 1. The molecule has 3 heterocycles. The predicted octanol–water partition coefficient (Wildman–Crippen LogP) is -1.43. The molecule has 9 nitrogen and oxygen atoms in total. The van der Waals surface area contributed by atoms with Crippen LogP contribution in [0.3, 0.4) is 0 Å². The van der Waals surface area contributed by atoms with Gasteiger partial charge in [0.25, 0.3) is 5.56 Å². The summed E-state index contributed by atoms with van der Waals surface area (Å²) in [6.45, 7) is 1.39. The average Bonchev–Trinajstić information content (AvgIpc) is 2.89. The Kier molecular flexibility index (Phi) is 2.78. The first kappa shape index (κ1) is 13.0.